The lowest BCUT2D eigenvalue weighted by Crippen LogP contribution is -2.25. The van der Waals surface area contributed by atoms with Gasteiger partial charge in [-0.25, -0.2) is 14.4 Å². The second-order valence-electron chi connectivity index (χ2n) is 10.0. The van der Waals surface area contributed by atoms with Crippen molar-refractivity contribution in [2.45, 2.75) is 12.8 Å². The summed E-state index contributed by atoms with van der Waals surface area (Å²) in [6, 6.07) is 10.4. The lowest BCUT2D eigenvalue weighted by atomic mass is 10.1. The molecule has 1 fully saturated rings. The average molecular weight is 551 g/mol. The molecule has 1 aromatic carbocycles. The van der Waals surface area contributed by atoms with Crippen LogP contribution in [0.3, 0.4) is 0 Å². The first-order chi connectivity index (χ1) is 20.1. The number of H-pyrrole nitrogens is 2. The van der Waals surface area contributed by atoms with E-state index in [9.17, 15) is 4.39 Å². The Labute approximate surface area is 234 Å². The normalized spacial score (nSPS) is 13.8. The molecule has 6 heterocycles. The molecule has 206 valence electrons. The zero-order valence-corrected chi connectivity index (χ0v) is 22.4. The highest BCUT2D eigenvalue weighted by atomic mass is 19.1. The smallest absolute Gasteiger partial charge is 0.181 e. The maximum atomic E-state index is 14.7. The van der Waals surface area contributed by atoms with Crippen LogP contribution in [0.15, 0.2) is 61.2 Å². The van der Waals surface area contributed by atoms with Crippen LogP contribution in [0.5, 0.6) is 11.5 Å². The van der Waals surface area contributed by atoms with Crippen LogP contribution in [0.1, 0.15) is 12.8 Å². The Morgan fingerprint density at radius 2 is 1.80 bits per heavy atom. The summed E-state index contributed by atoms with van der Waals surface area (Å²) in [5.74, 6) is 1.31. The third kappa shape index (κ3) is 4.95. The van der Waals surface area contributed by atoms with Gasteiger partial charge in [-0.1, -0.05) is 0 Å². The Morgan fingerprint density at radius 1 is 0.951 bits per heavy atom. The van der Waals surface area contributed by atoms with E-state index in [0.717, 1.165) is 41.7 Å². The quantitative estimate of drug-likeness (QED) is 0.264. The molecule has 11 heteroatoms. The summed E-state index contributed by atoms with van der Waals surface area (Å²) < 4.78 is 25.9. The van der Waals surface area contributed by atoms with Crippen molar-refractivity contribution in [2.24, 2.45) is 0 Å². The Kier molecular flexibility index (Phi) is 6.48. The van der Waals surface area contributed by atoms with E-state index in [1.807, 2.05) is 24.3 Å². The number of imidazole rings is 1. The molecule has 0 amide bonds. The topological polar surface area (TPSA) is 118 Å². The monoisotopic (exact) mass is 550 g/mol. The van der Waals surface area contributed by atoms with Crippen molar-refractivity contribution in [1.82, 2.24) is 40.0 Å². The molecule has 6 aromatic rings. The van der Waals surface area contributed by atoms with Gasteiger partial charge in [0.15, 0.2) is 11.5 Å². The number of benzene rings is 1. The lowest BCUT2D eigenvalue weighted by Gasteiger charge is -2.15. The van der Waals surface area contributed by atoms with Crippen molar-refractivity contribution >= 4 is 22.1 Å². The van der Waals surface area contributed by atoms with E-state index in [-0.39, 0.29) is 0 Å². The number of hydrogen-bond donors (Lipinski definition) is 2. The van der Waals surface area contributed by atoms with E-state index in [4.69, 9.17) is 14.5 Å². The molecule has 0 atom stereocenters. The number of likely N-dealkylation sites (tertiary alicyclic amines) is 1. The van der Waals surface area contributed by atoms with E-state index in [2.05, 4.69) is 35.0 Å². The summed E-state index contributed by atoms with van der Waals surface area (Å²) >= 11 is 0. The fourth-order valence-corrected chi connectivity index (χ4v) is 5.27. The van der Waals surface area contributed by atoms with Gasteiger partial charge in [-0.2, -0.15) is 5.10 Å². The zero-order valence-electron chi connectivity index (χ0n) is 22.4. The van der Waals surface area contributed by atoms with Crippen LogP contribution < -0.4 is 9.47 Å². The third-order valence-corrected chi connectivity index (χ3v) is 7.35. The Morgan fingerprint density at radius 3 is 2.68 bits per heavy atom. The van der Waals surface area contributed by atoms with Crippen LogP contribution >= 0.6 is 0 Å². The molecule has 7 rings (SSSR count). The zero-order chi connectivity index (χ0) is 27.8. The second kappa shape index (κ2) is 10.6. The van der Waals surface area contributed by atoms with Crippen molar-refractivity contribution in [2.75, 3.05) is 33.4 Å². The van der Waals surface area contributed by atoms with Gasteiger partial charge in [-0.05, 0) is 56.3 Å². The van der Waals surface area contributed by atoms with E-state index < -0.39 is 5.82 Å². The third-order valence-electron chi connectivity index (χ3n) is 7.35. The Balaban J connectivity index is 1.23. The van der Waals surface area contributed by atoms with Crippen LogP contribution in [0.2, 0.25) is 0 Å². The van der Waals surface area contributed by atoms with Crippen LogP contribution in [-0.2, 0) is 0 Å². The predicted molar refractivity (Wildman–Crippen MR) is 153 cm³/mol. The molecular weight excluding hydrogens is 523 g/mol. The van der Waals surface area contributed by atoms with E-state index in [0.29, 0.717) is 52.0 Å². The van der Waals surface area contributed by atoms with Gasteiger partial charge >= 0.3 is 0 Å². The summed E-state index contributed by atoms with van der Waals surface area (Å²) in [7, 11) is 1.61. The lowest BCUT2D eigenvalue weighted by molar-refractivity contribution is 0.237. The van der Waals surface area contributed by atoms with Gasteiger partial charge in [0.05, 0.1) is 29.9 Å². The number of pyridine rings is 3. The number of aromatic amines is 2. The minimum Gasteiger partial charge on any atom is -0.495 e. The molecule has 2 N–H and O–H groups in total. The van der Waals surface area contributed by atoms with Crippen LogP contribution in [0, 0.1) is 5.82 Å². The maximum Gasteiger partial charge on any atom is 0.181 e. The van der Waals surface area contributed by atoms with Crippen molar-refractivity contribution < 1.29 is 13.9 Å². The molecule has 41 heavy (non-hydrogen) atoms. The minimum atomic E-state index is -0.390. The fourth-order valence-electron chi connectivity index (χ4n) is 5.27. The summed E-state index contributed by atoms with van der Waals surface area (Å²) in [4.78, 5) is 23.9. The number of fused-ring (bicyclic) bond motifs is 2. The van der Waals surface area contributed by atoms with Crippen LogP contribution in [0.4, 0.5) is 4.39 Å². The highest BCUT2D eigenvalue weighted by molar-refractivity contribution is 5.96. The standard InChI is InChI=1S/C30H27FN8O2/c1-40-23-12-19(15-32-17-23)20-13-24-27(37-38-29(24)34-16-20)30-35-25-4-5-33-26(28(25)36-30)18-10-21(31)14-22(11-18)41-9-8-39-6-2-3-7-39/h4-5,10-17H,2-3,6-9H2,1H3,(H,35,36)(H,34,37,38). The molecule has 1 saturated heterocycles. The van der Waals surface area contributed by atoms with Crippen LogP contribution in [0.25, 0.3) is 56.0 Å². The number of aromatic nitrogens is 7. The second-order valence-corrected chi connectivity index (χ2v) is 10.0. The maximum absolute atomic E-state index is 14.7. The first-order valence-electron chi connectivity index (χ1n) is 13.5. The summed E-state index contributed by atoms with van der Waals surface area (Å²) in [6.45, 7) is 3.51. The molecule has 0 spiro atoms. The number of hydrogen-bond acceptors (Lipinski definition) is 8. The highest BCUT2D eigenvalue weighted by Crippen LogP contribution is 2.33. The van der Waals surface area contributed by atoms with Gasteiger partial charge in [0.1, 0.15) is 35.1 Å². The summed E-state index contributed by atoms with van der Waals surface area (Å²) in [6.07, 6.45) is 9.28. The molecule has 0 aliphatic carbocycles. The van der Waals surface area contributed by atoms with Gasteiger partial charge in [0.2, 0.25) is 0 Å². The molecule has 1 aliphatic heterocycles. The summed E-state index contributed by atoms with van der Waals surface area (Å²) in [5, 5.41) is 8.23. The first kappa shape index (κ1) is 25.1. The molecule has 10 nitrogen and oxygen atoms in total. The Bertz CT molecular complexity index is 1860. The van der Waals surface area contributed by atoms with Crippen molar-refractivity contribution in [3.05, 3.63) is 67.0 Å². The average Bonchev–Trinajstić information content (AvgIpc) is 3.76. The number of methoxy groups -OCH3 is 1. The molecule has 0 unspecified atom stereocenters. The van der Waals surface area contributed by atoms with Gasteiger partial charge in [0.25, 0.3) is 0 Å². The molecule has 0 saturated carbocycles. The predicted octanol–water partition coefficient (Wildman–Crippen LogP) is 5.25. The number of halogens is 1. The first-order valence-corrected chi connectivity index (χ1v) is 13.5. The molecular formula is C30H27FN8O2. The van der Waals surface area contributed by atoms with Crippen molar-refractivity contribution in [1.29, 1.82) is 0 Å². The number of nitrogens with one attached hydrogen (secondary N) is 2. The van der Waals surface area contributed by atoms with Gasteiger partial charge in [-0.15, -0.1) is 0 Å². The highest BCUT2D eigenvalue weighted by Gasteiger charge is 2.18. The van der Waals surface area contributed by atoms with E-state index >= 15 is 0 Å². The molecule has 0 radical (unpaired) electrons. The van der Waals surface area contributed by atoms with Gasteiger partial charge in [0, 0.05) is 47.9 Å². The molecule has 0 bridgehead atoms. The minimum absolute atomic E-state index is 0.390. The SMILES string of the molecule is COc1cncc(-c2cnc3n[nH]c(-c4nc5c(-c6cc(F)cc(OCCN7CCCC7)c6)nccc5[nH]4)c3c2)c1. The number of ether oxygens (including phenoxy) is 2. The van der Waals surface area contributed by atoms with Crippen molar-refractivity contribution in [3.63, 3.8) is 0 Å². The number of nitrogens with zero attached hydrogens (tertiary/aromatic N) is 6. The van der Waals surface area contributed by atoms with Gasteiger partial charge in [-0.3, -0.25) is 20.0 Å². The Hall–Kier alpha value is -4.90. The van der Waals surface area contributed by atoms with E-state index in [1.54, 1.807) is 31.9 Å². The van der Waals surface area contributed by atoms with Crippen LogP contribution in [-0.4, -0.2) is 73.4 Å². The fraction of sp³-hybridized carbons (Fsp3) is 0.233. The summed E-state index contributed by atoms with van der Waals surface area (Å²) in [5.41, 5.74) is 5.48. The molecule has 1 aliphatic rings. The van der Waals surface area contributed by atoms with E-state index in [1.165, 1.54) is 25.0 Å². The largest absolute Gasteiger partial charge is 0.495 e. The molecule has 5 aromatic heterocycles. The van der Waals surface area contributed by atoms with Crippen molar-refractivity contribution in [3.8, 4) is 45.4 Å². The number of rotatable bonds is 8. The van der Waals surface area contributed by atoms with Gasteiger partial charge < -0.3 is 14.5 Å².